The van der Waals surface area contributed by atoms with Gasteiger partial charge in [0.25, 0.3) is 0 Å². The third-order valence-electron chi connectivity index (χ3n) is 3.50. The molecule has 0 aliphatic carbocycles. The van der Waals surface area contributed by atoms with Crippen LogP contribution in [0, 0.1) is 5.41 Å². The molecule has 1 aliphatic heterocycles. The second-order valence-corrected chi connectivity index (χ2v) is 5.87. The van der Waals surface area contributed by atoms with Crippen LogP contribution < -0.4 is 0 Å². The highest BCUT2D eigenvalue weighted by Crippen LogP contribution is 2.32. The van der Waals surface area contributed by atoms with Crippen molar-refractivity contribution in [1.29, 1.82) is 0 Å². The summed E-state index contributed by atoms with van der Waals surface area (Å²) >= 11 is 0. The minimum atomic E-state index is -0.291. The second kappa shape index (κ2) is 4.17. The maximum Gasteiger partial charge on any atom is 0.228 e. The first-order valence-corrected chi connectivity index (χ1v) is 6.30. The van der Waals surface area contributed by atoms with E-state index < -0.39 is 0 Å². The zero-order chi connectivity index (χ0) is 12.6. The minimum absolute atomic E-state index is 0.201. The van der Waals surface area contributed by atoms with Gasteiger partial charge in [-0.15, -0.1) is 0 Å². The topological polar surface area (TPSA) is 20.3 Å². The van der Waals surface area contributed by atoms with Gasteiger partial charge in [0.1, 0.15) is 0 Å². The van der Waals surface area contributed by atoms with Crippen LogP contribution in [0.3, 0.4) is 0 Å². The maximum atomic E-state index is 12.4. The van der Waals surface area contributed by atoms with Crippen molar-refractivity contribution in [3.05, 3.63) is 35.4 Å². The highest BCUT2D eigenvalue weighted by Gasteiger charge is 2.33. The number of fused-ring (bicyclic) bond motifs is 1. The predicted molar refractivity (Wildman–Crippen MR) is 69.7 cm³/mol. The molecule has 0 radical (unpaired) electrons. The van der Waals surface area contributed by atoms with Gasteiger partial charge in [-0.2, -0.15) is 0 Å². The van der Waals surface area contributed by atoms with Gasteiger partial charge in [0.05, 0.1) is 6.04 Å². The third kappa shape index (κ3) is 2.21. The molecule has 17 heavy (non-hydrogen) atoms. The largest absolute Gasteiger partial charge is 0.335 e. The van der Waals surface area contributed by atoms with Crippen LogP contribution in [-0.4, -0.2) is 17.4 Å². The highest BCUT2D eigenvalue weighted by molar-refractivity contribution is 5.82. The highest BCUT2D eigenvalue weighted by atomic mass is 16.2. The lowest BCUT2D eigenvalue weighted by Gasteiger charge is -2.38. The number of benzene rings is 1. The van der Waals surface area contributed by atoms with Crippen molar-refractivity contribution in [3.63, 3.8) is 0 Å². The molecule has 2 rings (SSSR count). The number of amides is 1. The van der Waals surface area contributed by atoms with Crippen LogP contribution in [0.1, 0.15) is 44.9 Å². The van der Waals surface area contributed by atoms with E-state index in [9.17, 15) is 4.79 Å². The number of hydrogen-bond acceptors (Lipinski definition) is 1. The van der Waals surface area contributed by atoms with E-state index in [1.807, 2.05) is 25.7 Å². The quantitative estimate of drug-likeness (QED) is 0.671. The molecular formula is C15H21NO. The lowest BCUT2D eigenvalue weighted by molar-refractivity contribution is -0.142. The fraction of sp³-hybridized carbons (Fsp3) is 0.533. The molecular weight excluding hydrogens is 210 g/mol. The molecule has 1 amide bonds. The molecule has 0 aromatic heterocycles. The molecule has 2 nitrogen and oxygen atoms in total. The Balaban J connectivity index is 2.29. The number of rotatable bonds is 0. The Bertz CT molecular complexity index is 431. The smallest absolute Gasteiger partial charge is 0.228 e. The summed E-state index contributed by atoms with van der Waals surface area (Å²) in [6.45, 7) is 8.93. The van der Waals surface area contributed by atoms with Crippen molar-refractivity contribution in [3.8, 4) is 0 Å². The van der Waals surface area contributed by atoms with E-state index in [1.54, 1.807) is 0 Å². The minimum Gasteiger partial charge on any atom is -0.335 e. The van der Waals surface area contributed by atoms with Gasteiger partial charge in [-0.25, -0.2) is 0 Å². The first-order chi connectivity index (χ1) is 7.91. The zero-order valence-electron chi connectivity index (χ0n) is 11.2. The summed E-state index contributed by atoms with van der Waals surface area (Å²) in [5, 5.41) is 0. The number of hydrogen-bond donors (Lipinski definition) is 0. The summed E-state index contributed by atoms with van der Waals surface area (Å²) in [6, 6.07) is 8.65. The van der Waals surface area contributed by atoms with Crippen LogP contribution in [-0.2, 0) is 11.2 Å². The van der Waals surface area contributed by atoms with Crippen LogP contribution in [0.5, 0.6) is 0 Å². The molecule has 0 saturated heterocycles. The van der Waals surface area contributed by atoms with Crippen LogP contribution in [0.25, 0.3) is 0 Å². The molecule has 1 heterocycles. The third-order valence-corrected chi connectivity index (χ3v) is 3.50. The van der Waals surface area contributed by atoms with E-state index in [-0.39, 0.29) is 17.4 Å². The first kappa shape index (κ1) is 12.2. The Morgan fingerprint density at radius 3 is 2.59 bits per heavy atom. The van der Waals surface area contributed by atoms with Gasteiger partial charge in [0.15, 0.2) is 0 Å². The molecule has 1 aromatic carbocycles. The van der Waals surface area contributed by atoms with Gasteiger partial charge in [0.2, 0.25) is 5.91 Å². The number of carbonyl (C=O) groups excluding carboxylic acids is 1. The molecule has 0 fully saturated rings. The Hall–Kier alpha value is -1.31. The van der Waals surface area contributed by atoms with E-state index in [2.05, 4.69) is 31.2 Å². The van der Waals surface area contributed by atoms with Crippen molar-refractivity contribution in [2.75, 3.05) is 6.54 Å². The average molecular weight is 231 g/mol. The monoisotopic (exact) mass is 231 g/mol. The number of carbonyl (C=O) groups is 1. The van der Waals surface area contributed by atoms with E-state index in [1.165, 1.54) is 11.1 Å². The summed E-state index contributed by atoms with van der Waals surface area (Å²) in [5.41, 5.74) is 2.40. The average Bonchev–Trinajstić information content (AvgIpc) is 2.28. The normalized spacial score (nSPS) is 20.0. The lowest BCUT2D eigenvalue weighted by atomic mass is 9.89. The number of nitrogens with zero attached hydrogens (tertiary/aromatic N) is 1. The van der Waals surface area contributed by atoms with E-state index in [4.69, 9.17) is 0 Å². The molecule has 0 N–H and O–H groups in total. The fourth-order valence-corrected chi connectivity index (χ4v) is 2.48. The van der Waals surface area contributed by atoms with Crippen molar-refractivity contribution in [2.24, 2.45) is 5.41 Å². The van der Waals surface area contributed by atoms with Gasteiger partial charge >= 0.3 is 0 Å². The van der Waals surface area contributed by atoms with E-state index in [0.717, 1.165) is 13.0 Å². The Morgan fingerprint density at radius 2 is 1.94 bits per heavy atom. The van der Waals surface area contributed by atoms with E-state index >= 15 is 0 Å². The SMILES string of the molecule is C[C@@H]1c2ccccc2CCN1C(=O)C(C)(C)C. The Morgan fingerprint density at radius 1 is 1.29 bits per heavy atom. The predicted octanol–water partition coefficient (Wildman–Crippen LogP) is 3.18. The van der Waals surface area contributed by atoms with Gasteiger partial charge < -0.3 is 4.90 Å². The molecule has 1 aliphatic rings. The van der Waals surface area contributed by atoms with Crippen LogP contribution in [0.15, 0.2) is 24.3 Å². The van der Waals surface area contributed by atoms with Crippen LogP contribution >= 0.6 is 0 Å². The van der Waals surface area contributed by atoms with E-state index in [0.29, 0.717) is 0 Å². The standard InChI is InChI=1S/C15H21NO/c1-11-13-8-6-5-7-12(13)9-10-16(11)14(17)15(2,3)4/h5-8,11H,9-10H2,1-4H3/t11-/m1/s1. The summed E-state index contributed by atoms with van der Waals surface area (Å²) < 4.78 is 0. The molecule has 1 aromatic rings. The maximum absolute atomic E-state index is 12.4. The van der Waals surface area contributed by atoms with Gasteiger partial charge in [-0.05, 0) is 24.5 Å². The van der Waals surface area contributed by atoms with Crippen molar-refractivity contribution in [1.82, 2.24) is 4.90 Å². The summed E-state index contributed by atoms with van der Waals surface area (Å²) in [7, 11) is 0. The van der Waals surface area contributed by atoms with Gasteiger partial charge in [-0.1, -0.05) is 45.0 Å². The Kier molecular flexibility index (Phi) is 2.98. The summed E-state index contributed by atoms with van der Waals surface area (Å²) in [5.74, 6) is 0.250. The van der Waals surface area contributed by atoms with Crippen molar-refractivity contribution < 1.29 is 4.79 Å². The summed E-state index contributed by atoms with van der Waals surface area (Å²) in [4.78, 5) is 14.4. The van der Waals surface area contributed by atoms with Crippen LogP contribution in [0.4, 0.5) is 0 Å². The molecule has 2 heteroatoms. The molecule has 92 valence electrons. The summed E-state index contributed by atoms with van der Waals surface area (Å²) in [6.07, 6.45) is 0.975. The molecule has 0 bridgehead atoms. The fourth-order valence-electron chi connectivity index (χ4n) is 2.48. The Labute approximate surface area is 104 Å². The lowest BCUT2D eigenvalue weighted by Crippen LogP contribution is -2.44. The molecule has 1 atom stereocenters. The zero-order valence-corrected chi connectivity index (χ0v) is 11.2. The first-order valence-electron chi connectivity index (χ1n) is 6.30. The van der Waals surface area contributed by atoms with Crippen molar-refractivity contribution in [2.45, 2.75) is 40.2 Å². The van der Waals surface area contributed by atoms with Crippen LogP contribution in [0.2, 0.25) is 0 Å². The van der Waals surface area contributed by atoms with Crippen molar-refractivity contribution >= 4 is 5.91 Å². The second-order valence-electron chi connectivity index (χ2n) is 5.87. The van der Waals surface area contributed by atoms with Gasteiger partial charge in [0, 0.05) is 12.0 Å². The molecule has 0 unspecified atom stereocenters. The molecule has 0 spiro atoms. The van der Waals surface area contributed by atoms with Gasteiger partial charge in [-0.3, -0.25) is 4.79 Å². The molecule has 0 saturated carbocycles.